The molecule has 0 N–H and O–H groups in total. The number of carbonyl (C=O) groups excluding carboxylic acids is 1. The Morgan fingerprint density at radius 1 is 1.30 bits per heavy atom. The second kappa shape index (κ2) is 8.03. The van der Waals surface area contributed by atoms with Crippen molar-refractivity contribution in [2.24, 2.45) is 0 Å². The Morgan fingerprint density at radius 3 is 2.56 bits per heavy atom. The minimum Gasteiger partial charge on any atom is -0.468 e. The van der Waals surface area contributed by atoms with Gasteiger partial charge in [-0.3, -0.25) is 4.79 Å². The minimum atomic E-state index is -3.85. The molecule has 2 heterocycles. The summed E-state index contributed by atoms with van der Waals surface area (Å²) in [5, 5.41) is 0. The molecule has 0 spiro atoms. The van der Waals surface area contributed by atoms with Crippen LogP contribution in [0.15, 0.2) is 28.7 Å². The first-order chi connectivity index (χ1) is 12.8. The number of hydrogen-bond acceptors (Lipinski definition) is 5. The average molecular weight is 458 g/mol. The van der Waals surface area contributed by atoms with Crippen LogP contribution in [-0.4, -0.2) is 56.9 Å². The van der Waals surface area contributed by atoms with E-state index in [1.807, 2.05) is 25.1 Å². The highest BCUT2D eigenvalue weighted by atomic mass is 79.9. The number of carbonyl (C=O) groups is 1. The Hall–Kier alpha value is -1.22. The van der Waals surface area contributed by atoms with Gasteiger partial charge in [-0.25, -0.2) is 8.42 Å². The summed E-state index contributed by atoms with van der Waals surface area (Å²) in [6.07, 6.45) is 2.80. The van der Waals surface area contributed by atoms with Crippen molar-refractivity contribution in [3.05, 3.63) is 39.9 Å². The normalized spacial score (nSPS) is 20.8. The number of hydrogen-bond donors (Lipinski definition) is 0. The molecule has 1 saturated heterocycles. The molecule has 27 heavy (non-hydrogen) atoms. The van der Waals surface area contributed by atoms with Crippen LogP contribution in [0.4, 0.5) is 0 Å². The van der Waals surface area contributed by atoms with Gasteiger partial charge in [-0.15, -0.1) is 0 Å². The molecule has 0 unspecified atom stereocenters. The Morgan fingerprint density at radius 2 is 2.00 bits per heavy atom. The number of halogens is 1. The summed E-state index contributed by atoms with van der Waals surface area (Å²) >= 11 is 3.50. The predicted octanol–water partition coefficient (Wildman–Crippen LogP) is 2.90. The topological polar surface area (TPSA) is 72.9 Å². The number of nitrogens with zero attached hydrogens (tertiary/aromatic N) is 1. The van der Waals surface area contributed by atoms with Crippen LogP contribution in [-0.2, 0) is 24.3 Å². The van der Waals surface area contributed by atoms with E-state index in [-0.39, 0.29) is 32.6 Å². The van der Waals surface area contributed by atoms with Crippen molar-refractivity contribution in [3.63, 3.8) is 0 Å². The first-order valence-corrected chi connectivity index (χ1v) is 11.2. The van der Waals surface area contributed by atoms with E-state index in [2.05, 4.69) is 22.0 Å². The lowest BCUT2D eigenvalue weighted by Crippen LogP contribution is -2.57. The van der Waals surface area contributed by atoms with Crippen LogP contribution in [0.1, 0.15) is 30.4 Å². The van der Waals surface area contributed by atoms with E-state index in [1.165, 1.54) is 11.4 Å². The smallest absolute Gasteiger partial charge is 0.328 e. The Labute approximate surface area is 168 Å². The van der Waals surface area contributed by atoms with E-state index < -0.39 is 20.7 Å². The van der Waals surface area contributed by atoms with Gasteiger partial charge in [0.2, 0.25) is 10.0 Å². The van der Waals surface area contributed by atoms with Gasteiger partial charge < -0.3 is 9.47 Å². The Kier molecular flexibility index (Phi) is 6.10. The minimum absolute atomic E-state index is 0.126. The zero-order valence-electron chi connectivity index (χ0n) is 15.5. The van der Waals surface area contributed by atoms with Crippen LogP contribution in [0.5, 0.6) is 0 Å². The highest BCUT2D eigenvalue weighted by Crippen LogP contribution is 2.36. The average Bonchev–Trinajstić information content (AvgIpc) is 2.70. The van der Waals surface area contributed by atoms with Crippen LogP contribution in [0.3, 0.4) is 0 Å². The number of rotatable bonds is 4. The molecule has 8 heteroatoms. The third-order valence-corrected chi connectivity index (χ3v) is 8.86. The van der Waals surface area contributed by atoms with E-state index in [1.54, 1.807) is 0 Å². The molecule has 1 aromatic carbocycles. The van der Waals surface area contributed by atoms with E-state index in [0.29, 0.717) is 13.0 Å². The van der Waals surface area contributed by atoms with Crippen molar-refractivity contribution >= 4 is 37.5 Å². The van der Waals surface area contributed by atoms with Crippen molar-refractivity contribution in [1.82, 2.24) is 4.31 Å². The zero-order valence-corrected chi connectivity index (χ0v) is 17.9. The first kappa shape index (κ1) is 20.5. The number of esters is 1. The number of aryl methyl sites for hydroxylation is 1. The van der Waals surface area contributed by atoms with Gasteiger partial charge >= 0.3 is 5.97 Å². The molecule has 1 fully saturated rings. The monoisotopic (exact) mass is 457 g/mol. The molecule has 1 aromatic rings. The van der Waals surface area contributed by atoms with E-state index in [4.69, 9.17) is 9.47 Å². The Balaban J connectivity index is 1.85. The molecule has 2 aliphatic heterocycles. The standard InChI is InChI=1S/C19H24BrNO5S/c1-14-13-16(3-4-17(14)20)15-5-9-21(10-6-15)27(23,24)19(18(22)25-2)7-11-26-12-8-19/h3-5,13H,6-12H2,1-2H3. The largest absolute Gasteiger partial charge is 0.468 e. The van der Waals surface area contributed by atoms with Gasteiger partial charge in [0.25, 0.3) is 0 Å². The van der Waals surface area contributed by atoms with E-state index in [0.717, 1.165) is 21.2 Å². The third kappa shape index (κ3) is 3.72. The summed E-state index contributed by atoms with van der Waals surface area (Å²) in [5.74, 6) is -0.691. The number of benzene rings is 1. The summed E-state index contributed by atoms with van der Waals surface area (Å²) in [6, 6.07) is 6.12. The molecule has 0 bridgehead atoms. The molecule has 0 amide bonds. The lowest BCUT2D eigenvalue weighted by Gasteiger charge is -2.38. The molecule has 2 aliphatic rings. The van der Waals surface area contributed by atoms with Crippen LogP contribution in [0.25, 0.3) is 5.57 Å². The lowest BCUT2D eigenvalue weighted by molar-refractivity contribution is -0.146. The molecule has 0 radical (unpaired) electrons. The second-order valence-corrected chi connectivity index (χ2v) is 10.0. The maximum absolute atomic E-state index is 13.3. The quantitative estimate of drug-likeness (QED) is 0.649. The Bertz CT molecular complexity index is 859. The van der Waals surface area contributed by atoms with Gasteiger partial charge in [0, 0.05) is 43.6 Å². The number of sulfonamides is 1. The van der Waals surface area contributed by atoms with Crippen molar-refractivity contribution in [2.45, 2.75) is 30.9 Å². The summed E-state index contributed by atoms with van der Waals surface area (Å²) < 4.78 is 37.7. The lowest BCUT2D eigenvalue weighted by atomic mass is 9.99. The zero-order chi connectivity index (χ0) is 19.7. The first-order valence-electron chi connectivity index (χ1n) is 8.93. The summed E-state index contributed by atoms with van der Waals surface area (Å²) in [5.41, 5.74) is 3.35. The van der Waals surface area contributed by atoms with Gasteiger partial charge in [-0.05, 0) is 36.1 Å². The van der Waals surface area contributed by atoms with Crippen molar-refractivity contribution in [1.29, 1.82) is 0 Å². The van der Waals surface area contributed by atoms with Gasteiger partial charge in [0.05, 0.1) is 7.11 Å². The molecular weight excluding hydrogens is 434 g/mol. The molecule has 0 atom stereocenters. The van der Waals surface area contributed by atoms with Crippen molar-refractivity contribution < 1.29 is 22.7 Å². The van der Waals surface area contributed by atoms with Gasteiger partial charge in [-0.1, -0.05) is 34.1 Å². The summed E-state index contributed by atoms with van der Waals surface area (Å²) in [4.78, 5) is 12.4. The molecule has 148 valence electrons. The molecule has 6 nitrogen and oxygen atoms in total. The number of ether oxygens (including phenoxy) is 2. The fraction of sp³-hybridized carbons (Fsp3) is 0.526. The molecular formula is C19H24BrNO5S. The van der Waals surface area contributed by atoms with Crippen molar-refractivity contribution in [2.75, 3.05) is 33.4 Å². The maximum Gasteiger partial charge on any atom is 0.328 e. The fourth-order valence-corrected chi connectivity index (χ4v) is 6.00. The van der Waals surface area contributed by atoms with Crippen LogP contribution < -0.4 is 0 Å². The second-order valence-electron chi connectivity index (χ2n) is 6.90. The fourth-order valence-electron chi connectivity index (χ4n) is 3.68. The van der Waals surface area contributed by atoms with Gasteiger partial charge in [0.1, 0.15) is 0 Å². The molecule has 0 aromatic heterocycles. The third-order valence-electron chi connectivity index (χ3n) is 5.39. The van der Waals surface area contributed by atoms with Gasteiger partial charge in [-0.2, -0.15) is 4.31 Å². The van der Waals surface area contributed by atoms with Crippen LogP contribution in [0, 0.1) is 6.92 Å². The molecule has 0 saturated carbocycles. The van der Waals surface area contributed by atoms with E-state index >= 15 is 0 Å². The van der Waals surface area contributed by atoms with Crippen molar-refractivity contribution in [3.8, 4) is 0 Å². The van der Waals surface area contributed by atoms with Gasteiger partial charge in [0.15, 0.2) is 4.75 Å². The van der Waals surface area contributed by atoms with Crippen LogP contribution >= 0.6 is 15.9 Å². The van der Waals surface area contributed by atoms with E-state index in [9.17, 15) is 13.2 Å². The number of methoxy groups -OCH3 is 1. The predicted molar refractivity (Wildman–Crippen MR) is 107 cm³/mol. The maximum atomic E-state index is 13.3. The van der Waals surface area contributed by atoms with Crippen LogP contribution in [0.2, 0.25) is 0 Å². The summed E-state index contributed by atoms with van der Waals surface area (Å²) in [7, 11) is -2.62. The molecule has 0 aliphatic carbocycles. The SMILES string of the molecule is COC(=O)C1(S(=O)(=O)N2CC=C(c3ccc(Br)c(C)c3)CC2)CCOCC1. The highest BCUT2D eigenvalue weighted by Gasteiger charge is 2.55. The summed E-state index contributed by atoms with van der Waals surface area (Å²) in [6.45, 7) is 3.11. The highest BCUT2D eigenvalue weighted by molar-refractivity contribution is 9.10. The molecule has 3 rings (SSSR count).